The van der Waals surface area contributed by atoms with Crippen LogP contribution in [0.3, 0.4) is 0 Å². The average Bonchev–Trinajstić information content (AvgIpc) is 2.46. The SMILES string of the molecule is CCCCCC(CC)C(C)(C)OC(C)(C)C(CC)CCCCC. The maximum absolute atomic E-state index is 6.79. The Hall–Kier alpha value is -0.0400. The van der Waals surface area contributed by atoms with E-state index >= 15 is 0 Å². The first-order chi connectivity index (χ1) is 10.7. The largest absolute Gasteiger partial charge is 0.369 e. The first-order valence-corrected chi connectivity index (χ1v) is 10.4. The Morgan fingerprint density at radius 2 is 0.957 bits per heavy atom. The molecule has 1 heteroatoms. The Morgan fingerprint density at radius 1 is 0.609 bits per heavy atom. The molecule has 0 bridgehead atoms. The van der Waals surface area contributed by atoms with E-state index in [1.165, 1.54) is 64.2 Å². The topological polar surface area (TPSA) is 9.23 Å². The van der Waals surface area contributed by atoms with E-state index in [1.807, 2.05) is 0 Å². The molecule has 23 heavy (non-hydrogen) atoms. The van der Waals surface area contributed by atoms with Gasteiger partial charge in [-0.05, 0) is 52.4 Å². The van der Waals surface area contributed by atoms with Crippen molar-refractivity contribution in [3.05, 3.63) is 0 Å². The van der Waals surface area contributed by atoms with Crippen molar-refractivity contribution in [1.29, 1.82) is 0 Å². The third kappa shape index (κ3) is 8.57. The van der Waals surface area contributed by atoms with Gasteiger partial charge in [-0.2, -0.15) is 0 Å². The van der Waals surface area contributed by atoms with Gasteiger partial charge in [0.15, 0.2) is 0 Å². The monoisotopic (exact) mass is 326 g/mol. The maximum atomic E-state index is 6.79. The zero-order valence-corrected chi connectivity index (χ0v) is 17.6. The summed E-state index contributed by atoms with van der Waals surface area (Å²) in [4.78, 5) is 0. The van der Waals surface area contributed by atoms with Crippen molar-refractivity contribution in [3.63, 3.8) is 0 Å². The summed E-state index contributed by atoms with van der Waals surface area (Å²) >= 11 is 0. The van der Waals surface area contributed by atoms with E-state index in [9.17, 15) is 0 Å². The van der Waals surface area contributed by atoms with Crippen LogP contribution in [0.5, 0.6) is 0 Å². The quantitative estimate of drug-likeness (QED) is 0.296. The van der Waals surface area contributed by atoms with Crippen molar-refractivity contribution < 1.29 is 4.74 Å². The third-order valence-electron chi connectivity index (χ3n) is 5.79. The molecule has 0 aromatic rings. The standard InChI is InChI=1S/C22H46O/c1-9-13-15-17-19(11-3)21(5,6)23-22(7,8)20(12-4)18-16-14-10-2/h19-20H,9-18H2,1-8H3. The van der Waals surface area contributed by atoms with E-state index in [0.717, 1.165) is 0 Å². The molecule has 0 aliphatic carbocycles. The molecule has 0 heterocycles. The highest BCUT2D eigenvalue weighted by Crippen LogP contribution is 2.38. The fourth-order valence-corrected chi connectivity index (χ4v) is 4.21. The molecule has 0 aliphatic rings. The van der Waals surface area contributed by atoms with Crippen LogP contribution >= 0.6 is 0 Å². The molecule has 0 amide bonds. The predicted octanol–water partition coefficient (Wildman–Crippen LogP) is 7.77. The molecule has 0 N–H and O–H groups in total. The lowest BCUT2D eigenvalue weighted by Gasteiger charge is -2.44. The number of hydrogen-bond donors (Lipinski definition) is 0. The lowest BCUT2D eigenvalue weighted by atomic mass is 9.80. The van der Waals surface area contributed by atoms with Crippen molar-refractivity contribution >= 4 is 0 Å². The van der Waals surface area contributed by atoms with Crippen molar-refractivity contribution in [2.24, 2.45) is 11.8 Å². The maximum Gasteiger partial charge on any atom is 0.0661 e. The second-order valence-electron chi connectivity index (χ2n) is 8.51. The first kappa shape index (κ1) is 23.0. The van der Waals surface area contributed by atoms with Gasteiger partial charge < -0.3 is 4.74 Å². The zero-order chi connectivity index (χ0) is 17.9. The summed E-state index contributed by atoms with van der Waals surface area (Å²) in [5, 5.41) is 0. The summed E-state index contributed by atoms with van der Waals surface area (Å²) in [6.45, 7) is 18.5. The first-order valence-electron chi connectivity index (χ1n) is 10.4. The highest BCUT2D eigenvalue weighted by molar-refractivity contribution is 4.87. The summed E-state index contributed by atoms with van der Waals surface area (Å²) in [6, 6.07) is 0. The minimum Gasteiger partial charge on any atom is -0.369 e. The summed E-state index contributed by atoms with van der Waals surface area (Å²) in [5.74, 6) is 1.34. The van der Waals surface area contributed by atoms with Crippen LogP contribution in [-0.2, 0) is 4.74 Å². The van der Waals surface area contributed by atoms with Gasteiger partial charge in [-0.3, -0.25) is 0 Å². The van der Waals surface area contributed by atoms with Gasteiger partial charge in [0, 0.05) is 0 Å². The van der Waals surface area contributed by atoms with E-state index in [2.05, 4.69) is 55.4 Å². The molecule has 0 aromatic heterocycles. The molecule has 0 rings (SSSR count). The second-order valence-corrected chi connectivity index (χ2v) is 8.51. The molecule has 0 saturated heterocycles. The van der Waals surface area contributed by atoms with Gasteiger partial charge in [-0.15, -0.1) is 0 Å². The van der Waals surface area contributed by atoms with Crippen LogP contribution in [0.25, 0.3) is 0 Å². The van der Waals surface area contributed by atoms with Crippen molar-refractivity contribution in [2.45, 2.75) is 131 Å². The van der Waals surface area contributed by atoms with Gasteiger partial charge in [0.05, 0.1) is 11.2 Å². The third-order valence-corrected chi connectivity index (χ3v) is 5.79. The summed E-state index contributed by atoms with van der Waals surface area (Å²) in [7, 11) is 0. The Balaban J connectivity index is 4.77. The molecule has 0 saturated carbocycles. The highest BCUT2D eigenvalue weighted by atomic mass is 16.5. The molecule has 0 aromatic carbocycles. The van der Waals surface area contributed by atoms with Crippen LogP contribution in [0.4, 0.5) is 0 Å². The lowest BCUT2D eigenvalue weighted by molar-refractivity contribution is -0.176. The van der Waals surface area contributed by atoms with E-state index in [-0.39, 0.29) is 11.2 Å². The molecule has 140 valence electrons. The average molecular weight is 327 g/mol. The van der Waals surface area contributed by atoms with Gasteiger partial charge in [0.1, 0.15) is 0 Å². The van der Waals surface area contributed by atoms with Gasteiger partial charge >= 0.3 is 0 Å². The van der Waals surface area contributed by atoms with E-state index in [4.69, 9.17) is 4.74 Å². The fourth-order valence-electron chi connectivity index (χ4n) is 4.21. The number of hydrogen-bond acceptors (Lipinski definition) is 1. The number of ether oxygens (including phenoxy) is 1. The summed E-state index contributed by atoms with van der Waals surface area (Å²) < 4.78 is 6.79. The van der Waals surface area contributed by atoms with Gasteiger partial charge in [0.2, 0.25) is 0 Å². The Morgan fingerprint density at radius 3 is 1.22 bits per heavy atom. The van der Waals surface area contributed by atoms with E-state index < -0.39 is 0 Å². The van der Waals surface area contributed by atoms with Crippen LogP contribution in [0, 0.1) is 11.8 Å². The smallest absolute Gasteiger partial charge is 0.0661 e. The lowest BCUT2D eigenvalue weighted by Crippen LogP contribution is -2.46. The number of unbranched alkanes of at least 4 members (excludes halogenated alkanes) is 4. The predicted molar refractivity (Wildman–Crippen MR) is 105 cm³/mol. The summed E-state index contributed by atoms with van der Waals surface area (Å²) in [6.07, 6.45) is 13.1. The molecule has 0 aliphatic heterocycles. The molecule has 2 unspecified atom stereocenters. The van der Waals surface area contributed by atoms with E-state index in [1.54, 1.807) is 0 Å². The minimum atomic E-state index is -0.0236. The van der Waals surface area contributed by atoms with Gasteiger partial charge in [-0.25, -0.2) is 0 Å². The van der Waals surface area contributed by atoms with Crippen LogP contribution in [-0.4, -0.2) is 11.2 Å². The van der Waals surface area contributed by atoms with Gasteiger partial charge in [-0.1, -0.05) is 79.1 Å². The number of rotatable bonds is 14. The molecular formula is C22H46O. The Bertz CT molecular complexity index is 252. The Kier molecular flexibility index (Phi) is 11.5. The van der Waals surface area contributed by atoms with E-state index in [0.29, 0.717) is 11.8 Å². The van der Waals surface area contributed by atoms with Crippen LogP contribution in [0.15, 0.2) is 0 Å². The molecular weight excluding hydrogens is 280 g/mol. The Labute approximate surface area is 148 Å². The van der Waals surface area contributed by atoms with Crippen molar-refractivity contribution in [2.75, 3.05) is 0 Å². The normalized spacial score (nSPS) is 15.7. The molecule has 2 atom stereocenters. The van der Waals surface area contributed by atoms with Crippen molar-refractivity contribution in [1.82, 2.24) is 0 Å². The molecule has 0 radical (unpaired) electrons. The highest BCUT2D eigenvalue weighted by Gasteiger charge is 2.38. The zero-order valence-electron chi connectivity index (χ0n) is 17.6. The fraction of sp³-hybridized carbons (Fsp3) is 1.00. The van der Waals surface area contributed by atoms with Crippen LogP contribution < -0.4 is 0 Å². The minimum absolute atomic E-state index is 0.0236. The van der Waals surface area contributed by atoms with Crippen LogP contribution in [0.2, 0.25) is 0 Å². The van der Waals surface area contributed by atoms with Crippen LogP contribution in [0.1, 0.15) is 120 Å². The van der Waals surface area contributed by atoms with Crippen molar-refractivity contribution in [3.8, 4) is 0 Å². The molecule has 0 fully saturated rings. The summed E-state index contributed by atoms with van der Waals surface area (Å²) in [5.41, 5.74) is -0.0473. The molecule has 1 nitrogen and oxygen atoms in total. The molecule has 0 spiro atoms. The second kappa shape index (κ2) is 11.5. The van der Waals surface area contributed by atoms with Gasteiger partial charge in [0.25, 0.3) is 0 Å².